The molecular formula is C13H16N4O2. The molecule has 6 heteroatoms. The number of dihydropyridines is 1. The monoisotopic (exact) mass is 260 g/mol. The van der Waals surface area contributed by atoms with Crippen LogP contribution in [0.4, 0.5) is 10.5 Å². The van der Waals surface area contributed by atoms with E-state index in [1.165, 1.54) is 0 Å². The van der Waals surface area contributed by atoms with Gasteiger partial charge in [-0.15, -0.1) is 0 Å². The number of urea groups is 1. The van der Waals surface area contributed by atoms with Crippen LogP contribution in [0.25, 0.3) is 0 Å². The molecule has 0 spiro atoms. The minimum atomic E-state index is -0.593. The molecule has 0 bridgehead atoms. The molecule has 1 heterocycles. The number of allylic oxidation sites excluding steroid dienone is 1. The molecule has 0 atom stereocenters. The highest BCUT2D eigenvalue weighted by molar-refractivity contribution is 5.88. The van der Waals surface area contributed by atoms with Crippen molar-refractivity contribution < 1.29 is 9.53 Å². The average molecular weight is 260 g/mol. The summed E-state index contributed by atoms with van der Waals surface area (Å²) in [6, 6.07) is 4.69. The Labute approximate surface area is 111 Å². The van der Waals surface area contributed by atoms with Crippen molar-refractivity contribution in [3.8, 4) is 5.75 Å². The number of carbonyl (C=O) groups is 1. The number of primary amides is 1. The molecular weight excluding hydrogens is 244 g/mol. The van der Waals surface area contributed by atoms with Gasteiger partial charge < -0.3 is 26.8 Å². The van der Waals surface area contributed by atoms with Gasteiger partial charge in [-0.2, -0.15) is 0 Å². The molecule has 2 amide bonds. The average Bonchev–Trinajstić information content (AvgIpc) is 2.32. The van der Waals surface area contributed by atoms with Crippen molar-refractivity contribution in [3.63, 3.8) is 0 Å². The summed E-state index contributed by atoms with van der Waals surface area (Å²) < 4.78 is 5.74. The summed E-state index contributed by atoms with van der Waals surface area (Å²) in [7, 11) is 0. The summed E-state index contributed by atoms with van der Waals surface area (Å²) in [6.45, 7) is 2.52. The molecule has 100 valence electrons. The molecule has 6 N–H and O–H groups in total. The largest absolute Gasteiger partial charge is 0.457 e. The minimum Gasteiger partial charge on any atom is -0.457 e. The Bertz CT molecular complexity index is 564. The van der Waals surface area contributed by atoms with Gasteiger partial charge >= 0.3 is 6.03 Å². The Morgan fingerprint density at radius 1 is 1.47 bits per heavy atom. The zero-order chi connectivity index (χ0) is 13.8. The number of amides is 2. The number of nitrogens with one attached hydrogen (secondary N) is 2. The molecule has 1 aromatic rings. The van der Waals surface area contributed by atoms with E-state index in [1.807, 2.05) is 13.0 Å². The van der Waals surface area contributed by atoms with Gasteiger partial charge in [0, 0.05) is 18.3 Å². The lowest BCUT2D eigenvalue weighted by molar-refractivity contribution is 0.259. The van der Waals surface area contributed by atoms with E-state index >= 15 is 0 Å². The van der Waals surface area contributed by atoms with Crippen LogP contribution in [0.15, 0.2) is 41.9 Å². The maximum atomic E-state index is 10.8. The third-order valence-corrected chi connectivity index (χ3v) is 2.58. The van der Waals surface area contributed by atoms with Gasteiger partial charge in [-0.3, -0.25) is 0 Å². The van der Waals surface area contributed by atoms with Crippen LogP contribution in [0, 0.1) is 6.92 Å². The summed E-state index contributed by atoms with van der Waals surface area (Å²) >= 11 is 0. The summed E-state index contributed by atoms with van der Waals surface area (Å²) in [5, 5.41) is 5.47. The van der Waals surface area contributed by atoms with E-state index in [4.69, 9.17) is 16.2 Å². The molecule has 1 aromatic carbocycles. The SMILES string of the molecule is Cc1cc(NC(N)=O)ccc1OC1=CCNC(N)=C1. The third kappa shape index (κ3) is 3.41. The highest BCUT2D eigenvalue weighted by Crippen LogP contribution is 2.24. The number of aryl methyl sites for hydroxylation is 1. The number of rotatable bonds is 3. The predicted octanol–water partition coefficient (Wildman–Crippen LogP) is 1.15. The number of hydrogen-bond donors (Lipinski definition) is 4. The van der Waals surface area contributed by atoms with Gasteiger partial charge in [-0.1, -0.05) is 0 Å². The zero-order valence-corrected chi connectivity index (χ0v) is 10.6. The lowest BCUT2D eigenvalue weighted by atomic mass is 10.2. The fraction of sp³-hybridized carbons (Fsp3) is 0.154. The molecule has 0 saturated heterocycles. The summed E-state index contributed by atoms with van der Waals surface area (Å²) in [5.74, 6) is 1.96. The highest BCUT2D eigenvalue weighted by atomic mass is 16.5. The van der Waals surface area contributed by atoms with Gasteiger partial charge in [0.25, 0.3) is 0 Å². The van der Waals surface area contributed by atoms with E-state index in [0.717, 1.165) is 5.56 Å². The highest BCUT2D eigenvalue weighted by Gasteiger charge is 2.07. The van der Waals surface area contributed by atoms with Gasteiger partial charge in [0.2, 0.25) is 0 Å². The molecule has 2 rings (SSSR count). The number of benzene rings is 1. The second kappa shape index (κ2) is 5.34. The Hall–Kier alpha value is -2.63. The van der Waals surface area contributed by atoms with Gasteiger partial charge in [0.05, 0.1) is 5.82 Å². The van der Waals surface area contributed by atoms with Gasteiger partial charge in [0.15, 0.2) is 0 Å². The number of nitrogens with two attached hydrogens (primary N) is 2. The minimum absolute atomic E-state index is 0.571. The number of carbonyl (C=O) groups excluding carboxylic acids is 1. The molecule has 0 aromatic heterocycles. The molecule has 19 heavy (non-hydrogen) atoms. The molecule has 0 aliphatic carbocycles. The van der Waals surface area contributed by atoms with Gasteiger partial charge in [-0.25, -0.2) is 4.79 Å². The Kier molecular flexibility index (Phi) is 3.61. The van der Waals surface area contributed by atoms with Crippen LogP contribution in [-0.2, 0) is 0 Å². The maximum absolute atomic E-state index is 10.8. The van der Waals surface area contributed by atoms with E-state index in [2.05, 4.69) is 10.6 Å². The van der Waals surface area contributed by atoms with Crippen molar-refractivity contribution in [1.82, 2.24) is 5.32 Å². The summed E-state index contributed by atoms with van der Waals surface area (Å²) in [6.07, 6.45) is 3.61. The smallest absolute Gasteiger partial charge is 0.316 e. The van der Waals surface area contributed by atoms with Crippen LogP contribution in [0.2, 0.25) is 0 Å². The van der Waals surface area contributed by atoms with E-state index in [-0.39, 0.29) is 0 Å². The van der Waals surface area contributed by atoms with Crippen LogP contribution < -0.4 is 26.8 Å². The Morgan fingerprint density at radius 3 is 2.89 bits per heavy atom. The third-order valence-electron chi connectivity index (χ3n) is 2.58. The fourth-order valence-electron chi connectivity index (χ4n) is 1.71. The molecule has 6 nitrogen and oxygen atoms in total. The molecule has 1 aliphatic rings. The van der Waals surface area contributed by atoms with Gasteiger partial charge in [0.1, 0.15) is 11.5 Å². The quantitative estimate of drug-likeness (QED) is 0.654. The van der Waals surface area contributed by atoms with E-state index in [9.17, 15) is 4.79 Å². The van der Waals surface area contributed by atoms with Crippen molar-refractivity contribution in [2.24, 2.45) is 11.5 Å². The van der Waals surface area contributed by atoms with Crippen molar-refractivity contribution in [2.75, 3.05) is 11.9 Å². The lowest BCUT2D eigenvalue weighted by Crippen LogP contribution is -2.24. The van der Waals surface area contributed by atoms with Crippen molar-refractivity contribution in [3.05, 3.63) is 47.5 Å². The van der Waals surface area contributed by atoms with Crippen molar-refractivity contribution in [1.29, 1.82) is 0 Å². The van der Waals surface area contributed by atoms with Crippen LogP contribution in [-0.4, -0.2) is 12.6 Å². The van der Waals surface area contributed by atoms with E-state index < -0.39 is 6.03 Å². The summed E-state index contributed by atoms with van der Waals surface area (Å²) in [5.41, 5.74) is 12.2. The first-order valence-electron chi connectivity index (χ1n) is 5.81. The second-order valence-corrected chi connectivity index (χ2v) is 4.16. The van der Waals surface area contributed by atoms with Crippen LogP contribution >= 0.6 is 0 Å². The lowest BCUT2D eigenvalue weighted by Gasteiger charge is -2.15. The number of hydrogen-bond acceptors (Lipinski definition) is 4. The molecule has 1 aliphatic heterocycles. The van der Waals surface area contributed by atoms with Crippen LogP contribution in [0.3, 0.4) is 0 Å². The van der Waals surface area contributed by atoms with E-state index in [1.54, 1.807) is 24.3 Å². The molecule has 0 unspecified atom stereocenters. The molecule has 0 fully saturated rings. The second-order valence-electron chi connectivity index (χ2n) is 4.16. The zero-order valence-electron chi connectivity index (χ0n) is 10.6. The Balaban J connectivity index is 2.13. The normalized spacial score (nSPS) is 13.9. The van der Waals surface area contributed by atoms with Crippen molar-refractivity contribution in [2.45, 2.75) is 6.92 Å². The number of ether oxygens (including phenoxy) is 1. The molecule has 0 radical (unpaired) electrons. The fourth-order valence-corrected chi connectivity index (χ4v) is 1.71. The predicted molar refractivity (Wildman–Crippen MR) is 73.4 cm³/mol. The van der Waals surface area contributed by atoms with Crippen LogP contribution in [0.1, 0.15) is 5.56 Å². The van der Waals surface area contributed by atoms with Gasteiger partial charge in [-0.05, 0) is 36.8 Å². The maximum Gasteiger partial charge on any atom is 0.316 e. The van der Waals surface area contributed by atoms with Crippen LogP contribution in [0.5, 0.6) is 5.75 Å². The Morgan fingerprint density at radius 2 is 2.26 bits per heavy atom. The summed E-state index contributed by atoms with van der Waals surface area (Å²) in [4.78, 5) is 10.8. The first kappa shape index (κ1) is 12.8. The van der Waals surface area contributed by atoms with Crippen molar-refractivity contribution >= 4 is 11.7 Å². The standard InChI is InChI=1S/C13H16N4O2/c1-8-6-9(17-13(15)18)2-3-11(8)19-10-4-5-16-12(14)7-10/h2-4,6-7,16H,5,14H2,1H3,(H3,15,17,18). The van der Waals surface area contributed by atoms with E-state index in [0.29, 0.717) is 29.6 Å². The topological polar surface area (TPSA) is 102 Å². The molecule has 0 saturated carbocycles. The first-order chi connectivity index (χ1) is 9.04. The number of anilines is 1. The first-order valence-corrected chi connectivity index (χ1v) is 5.81.